The summed E-state index contributed by atoms with van der Waals surface area (Å²) in [5.74, 6) is 1.51. The Hall–Kier alpha value is -2.86. The molecule has 0 amide bonds. The summed E-state index contributed by atoms with van der Waals surface area (Å²) in [6.07, 6.45) is 3.50. The van der Waals surface area contributed by atoms with E-state index in [1.807, 2.05) is 45.4 Å². The summed E-state index contributed by atoms with van der Waals surface area (Å²) in [5.41, 5.74) is 3.65. The van der Waals surface area contributed by atoms with Gasteiger partial charge >= 0.3 is 0 Å². The average Bonchev–Trinajstić information content (AvgIpc) is 2.64. The maximum absolute atomic E-state index is 12.5. The van der Waals surface area contributed by atoms with E-state index in [0.29, 0.717) is 11.9 Å². The Morgan fingerprint density at radius 2 is 1.70 bits per heavy atom. The Bertz CT molecular complexity index is 1030. The summed E-state index contributed by atoms with van der Waals surface area (Å²) in [7, 11) is 9.07. The monoisotopic (exact) mass is 367 g/mol. The van der Waals surface area contributed by atoms with E-state index in [1.54, 1.807) is 32.0 Å². The predicted octanol–water partition coefficient (Wildman–Crippen LogP) is 2.99. The quantitative estimate of drug-likeness (QED) is 0.694. The molecule has 6 heteroatoms. The van der Waals surface area contributed by atoms with Crippen molar-refractivity contribution >= 4 is 10.8 Å². The molecule has 0 saturated heterocycles. The van der Waals surface area contributed by atoms with Gasteiger partial charge in [-0.25, -0.2) is 0 Å². The second-order valence-electron chi connectivity index (χ2n) is 6.93. The maximum atomic E-state index is 12.5. The summed E-state index contributed by atoms with van der Waals surface area (Å²) in [4.78, 5) is 18.9. The predicted molar refractivity (Wildman–Crippen MR) is 108 cm³/mol. The van der Waals surface area contributed by atoms with Crippen LogP contribution in [0.4, 0.5) is 0 Å². The lowest BCUT2D eigenvalue weighted by molar-refractivity contribution is 0.349. The van der Waals surface area contributed by atoms with Crippen molar-refractivity contribution in [3.63, 3.8) is 0 Å². The molecule has 1 aromatic carbocycles. The molecule has 0 N–H and O–H groups in total. The molecule has 2 heterocycles. The zero-order valence-electron chi connectivity index (χ0n) is 16.7. The van der Waals surface area contributed by atoms with Crippen LogP contribution in [-0.4, -0.2) is 42.8 Å². The smallest absolute Gasteiger partial charge is 0.259 e. The average molecular weight is 367 g/mol. The van der Waals surface area contributed by atoms with E-state index >= 15 is 0 Å². The Balaban J connectivity index is 2.33. The largest absolute Gasteiger partial charge is 0.496 e. The molecule has 0 unspecified atom stereocenters. The van der Waals surface area contributed by atoms with Crippen molar-refractivity contribution in [2.45, 2.75) is 13.5 Å². The third-order valence-electron chi connectivity index (χ3n) is 4.60. The fraction of sp³-hybridized carbons (Fsp3) is 0.333. The highest BCUT2D eigenvalue weighted by Crippen LogP contribution is 2.37. The van der Waals surface area contributed by atoms with Crippen LogP contribution >= 0.6 is 0 Å². The van der Waals surface area contributed by atoms with Crippen molar-refractivity contribution < 1.29 is 9.47 Å². The van der Waals surface area contributed by atoms with Gasteiger partial charge in [-0.2, -0.15) is 0 Å². The highest BCUT2D eigenvalue weighted by atomic mass is 16.5. The van der Waals surface area contributed by atoms with E-state index in [-0.39, 0.29) is 5.56 Å². The standard InChI is InChI=1S/C21H25N3O3/c1-13-7-15-16(10-22-13)21(25)24(4)12-17(15)14-8-19(26-5)18(11-23(2)3)20(9-14)27-6/h7-10,12H,11H2,1-6H3. The van der Waals surface area contributed by atoms with Gasteiger partial charge in [0.05, 0.1) is 25.2 Å². The molecule has 3 rings (SSSR count). The van der Waals surface area contributed by atoms with Crippen LogP contribution in [0.5, 0.6) is 11.5 Å². The third-order valence-corrected chi connectivity index (χ3v) is 4.60. The van der Waals surface area contributed by atoms with Crippen LogP contribution < -0.4 is 15.0 Å². The molecule has 0 saturated carbocycles. The van der Waals surface area contributed by atoms with Crippen molar-refractivity contribution in [2.75, 3.05) is 28.3 Å². The van der Waals surface area contributed by atoms with E-state index in [2.05, 4.69) is 9.88 Å². The number of pyridine rings is 2. The number of ether oxygens (including phenoxy) is 2. The molecule has 27 heavy (non-hydrogen) atoms. The second kappa shape index (κ2) is 7.40. The summed E-state index contributed by atoms with van der Waals surface area (Å²) >= 11 is 0. The Morgan fingerprint density at radius 3 is 2.26 bits per heavy atom. The number of aryl methyl sites for hydroxylation is 2. The highest BCUT2D eigenvalue weighted by molar-refractivity contribution is 5.96. The van der Waals surface area contributed by atoms with Crippen LogP contribution in [0.25, 0.3) is 21.9 Å². The number of methoxy groups -OCH3 is 2. The number of hydrogen-bond acceptors (Lipinski definition) is 5. The zero-order valence-corrected chi connectivity index (χ0v) is 16.7. The highest BCUT2D eigenvalue weighted by Gasteiger charge is 2.17. The van der Waals surface area contributed by atoms with Crippen molar-refractivity contribution in [3.8, 4) is 22.6 Å². The van der Waals surface area contributed by atoms with E-state index in [4.69, 9.17) is 9.47 Å². The number of benzene rings is 1. The molecule has 142 valence electrons. The second-order valence-corrected chi connectivity index (χ2v) is 6.93. The molecule has 0 bridgehead atoms. The summed E-state index contributed by atoms with van der Waals surface area (Å²) in [6.45, 7) is 2.62. The van der Waals surface area contributed by atoms with Crippen LogP contribution in [0.2, 0.25) is 0 Å². The van der Waals surface area contributed by atoms with Gasteiger partial charge < -0.3 is 18.9 Å². The van der Waals surface area contributed by atoms with Crippen LogP contribution in [0, 0.1) is 6.92 Å². The summed E-state index contributed by atoms with van der Waals surface area (Å²) in [5, 5.41) is 1.46. The molecule has 2 aromatic heterocycles. The molecule has 6 nitrogen and oxygen atoms in total. The molecule has 0 radical (unpaired) electrons. The summed E-state index contributed by atoms with van der Waals surface area (Å²) < 4.78 is 12.9. The SMILES string of the molecule is COc1cc(-c2cn(C)c(=O)c3cnc(C)cc23)cc(OC)c1CN(C)C. The van der Waals surface area contributed by atoms with Crippen molar-refractivity contribution in [3.05, 3.63) is 52.2 Å². The van der Waals surface area contributed by atoms with Crippen molar-refractivity contribution in [2.24, 2.45) is 7.05 Å². The van der Waals surface area contributed by atoms with Gasteiger partial charge in [-0.15, -0.1) is 0 Å². The minimum Gasteiger partial charge on any atom is -0.496 e. The molecular weight excluding hydrogens is 342 g/mol. The Morgan fingerprint density at radius 1 is 1.07 bits per heavy atom. The maximum Gasteiger partial charge on any atom is 0.259 e. The Labute approximate surface area is 159 Å². The minimum atomic E-state index is -0.0654. The molecule has 0 aliphatic carbocycles. The number of aromatic nitrogens is 2. The number of nitrogens with zero attached hydrogens (tertiary/aromatic N) is 3. The van der Waals surface area contributed by atoms with E-state index in [1.165, 1.54) is 0 Å². The molecule has 0 atom stereocenters. The Kier molecular flexibility index (Phi) is 5.19. The van der Waals surface area contributed by atoms with E-state index in [0.717, 1.165) is 39.3 Å². The molecule has 3 aromatic rings. The number of rotatable bonds is 5. The van der Waals surface area contributed by atoms with E-state index in [9.17, 15) is 4.79 Å². The van der Waals surface area contributed by atoms with Gasteiger partial charge in [-0.05, 0) is 50.2 Å². The third kappa shape index (κ3) is 3.53. The van der Waals surface area contributed by atoms with Crippen LogP contribution in [0.1, 0.15) is 11.3 Å². The van der Waals surface area contributed by atoms with Crippen LogP contribution in [0.3, 0.4) is 0 Å². The molecule has 0 spiro atoms. The van der Waals surface area contributed by atoms with Gasteiger partial charge in [0.15, 0.2) is 0 Å². The first kappa shape index (κ1) is 18.9. The van der Waals surface area contributed by atoms with Crippen LogP contribution in [0.15, 0.2) is 35.4 Å². The van der Waals surface area contributed by atoms with Gasteiger partial charge in [0.25, 0.3) is 5.56 Å². The van der Waals surface area contributed by atoms with Gasteiger partial charge in [0, 0.05) is 37.2 Å². The summed E-state index contributed by atoms with van der Waals surface area (Å²) in [6, 6.07) is 5.94. The fourth-order valence-electron chi connectivity index (χ4n) is 3.31. The number of hydrogen-bond donors (Lipinski definition) is 0. The molecule has 0 aliphatic heterocycles. The lowest BCUT2D eigenvalue weighted by Gasteiger charge is -2.19. The van der Waals surface area contributed by atoms with Gasteiger partial charge in [0.1, 0.15) is 11.5 Å². The lowest BCUT2D eigenvalue weighted by Crippen LogP contribution is -2.17. The van der Waals surface area contributed by atoms with Crippen molar-refractivity contribution in [1.82, 2.24) is 14.5 Å². The minimum absolute atomic E-state index is 0.0654. The first-order valence-corrected chi connectivity index (χ1v) is 8.71. The molecule has 0 aliphatic rings. The first-order chi connectivity index (χ1) is 12.8. The topological polar surface area (TPSA) is 56.6 Å². The fourth-order valence-corrected chi connectivity index (χ4v) is 3.31. The van der Waals surface area contributed by atoms with Gasteiger partial charge in [-0.1, -0.05) is 0 Å². The molecule has 0 fully saturated rings. The van der Waals surface area contributed by atoms with E-state index < -0.39 is 0 Å². The molecular formula is C21H25N3O3. The lowest BCUT2D eigenvalue weighted by atomic mass is 9.98. The van der Waals surface area contributed by atoms with Crippen molar-refractivity contribution in [1.29, 1.82) is 0 Å². The number of fused-ring (bicyclic) bond motifs is 1. The van der Waals surface area contributed by atoms with Gasteiger partial charge in [0.2, 0.25) is 0 Å². The normalized spacial score (nSPS) is 11.2. The zero-order chi connectivity index (χ0) is 19.7. The van der Waals surface area contributed by atoms with Gasteiger partial charge in [-0.3, -0.25) is 9.78 Å². The van der Waals surface area contributed by atoms with Crippen LogP contribution in [-0.2, 0) is 13.6 Å². The first-order valence-electron chi connectivity index (χ1n) is 8.71.